The molecule has 0 aromatic carbocycles. The van der Waals surface area contributed by atoms with E-state index in [0.717, 1.165) is 12.3 Å². The number of hydrogen-bond acceptors (Lipinski definition) is 2. The summed E-state index contributed by atoms with van der Waals surface area (Å²) < 4.78 is 0. The highest BCUT2D eigenvalue weighted by Crippen LogP contribution is 2.35. The summed E-state index contributed by atoms with van der Waals surface area (Å²) in [5.74, 6) is 0.755. The average Bonchev–Trinajstić information content (AvgIpc) is 2.59. The Morgan fingerprint density at radius 2 is 2.00 bits per heavy atom. The van der Waals surface area contributed by atoms with Gasteiger partial charge in [0, 0.05) is 9.75 Å². The molecule has 2 rings (SSSR count). The maximum absolute atomic E-state index is 10.3. The molecule has 1 aromatic heterocycles. The summed E-state index contributed by atoms with van der Waals surface area (Å²) in [5, 5.41) is 10.3. The van der Waals surface area contributed by atoms with Crippen molar-refractivity contribution in [3.8, 4) is 0 Å². The molecule has 1 heterocycles. The van der Waals surface area contributed by atoms with Crippen molar-refractivity contribution in [3.05, 3.63) is 21.4 Å². The van der Waals surface area contributed by atoms with Gasteiger partial charge in [-0.05, 0) is 37.8 Å². The van der Waals surface area contributed by atoms with Crippen molar-refractivity contribution in [2.45, 2.75) is 58.5 Å². The van der Waals surface area contributed by atoms with Crippen LogP contribution in [0.5, 0.6) is 0 Å². The van der Waals surface area contributed by atoms with Gasteiger partial charge in [-0.1, -0.05) is 32.1 Å². The number of aliphatic hydroxyl groups excluding tert-OH is 1. The van der Waals surface area contributed by atoms with Gasteiger partial charge in [-0.15, -0.1) is 11.3 Å². The highest BCUT2D eigenvalue weighted by Gasteiger charge is 2.20. The van der Waals surface area contributed by atoms with Crippen LogP contribution in [0.15, 0.2) is 6.07 Å². The molecule has 0 radical (unpaired) electrons. The smallest absolute Gasteiger partial charge is 0.0887 e. The van der Waals surface area contributed by atoms with Crippen LogP contribution in [-0.4, -0.2) is 5.11 Å². The van der Waals surface area contributed by atoms with Gasteiger partial charge in [0.15, 0.2) is 0 Å². The van der Waals surface area contributed by atoms with Gasteiger partial charge in [0.1, 0.15) is 0 Å². The third-order valence-electron chi connectivity index (χ3n) is 3.66. The molecular weight excluding hydrogens is 216 g/mol. The van der Waals surface area contributed by atoms with Crippen molar-refractivity contribution >= 4 is 11.3 Å². The van der Waals surface area contributed by atoms with Gasteiger partial charge in [-0.2, -0.15) is 0 Å². The second kappa shape index (κ2) is 5.33. The monoisotopic (exact) mass is 238 g/mol. The van der Waals surface area contributed by atoms with E-state index in [4.69, 9.17) is 0 Å². The summed E-state index contributed by atoms with van der Waals surface area (Å²) in [6.45, 7) is 4.23. The zero-order chi connectivity index (χ0) is 11.5. The maximum atomic E-state index is 10.3. The van der Waals surface area contributed by atoms with Crippen LogP contribution < -0.4 is 0 Å². The predicted octanol–water partition coefficient (Wildman–Crippen LogP) is 4.37. The first-order valence-corrected chi connectivity index (χ1v) is 7.23. The number of aryl methyl sites for hydroxylation is 2. The van der Waals surface area contributed by atoms with Gasteiger partial charge in [0.25, 0.3) is 0 Å². The van der Waals surface area contributed by atoms with Crippen molar-refractivity contribution in [1.29, 1.82) is 0 Å². The number of hydrogen-bond donors (Lipinski definition) is 1. The van der Waals surface area contributed by atoms with Gasteiger partial charge in [-0.3, -0.25) is 0 Å². The second-order valence-electron chi connectivity index (χ2n) is 5.16. The highest BCUT2D eigenvalue weighted by molar-refractivity contribution is 7.12. The molecule has 0 amide bonds. The summed E-state index contributed by atoms with van der Waals surface area (Å²) in [4.78, 5) is 2.51. The molecule has 90 valence electrons. The van der Waals surface area contributed by atoms with Crippen LogP contribution in [0.4, 0.5) is 0 Å². The lowest BCUT2D eigenvalue weighted by Gasteiger charge is -2.23. The minimum atomic E-state index is -0.221. The molecule has 0 spiro atoms. The van der Waals surface area contributed by atoms with E-state index in [1.165, 1.54) is 47.4 Å². The van der Waals surface area contributed by atoms with E-state index < -0.39 is 0 Å². The van der Waals surface area contributed by atoms with Crippen molar-refractivity contribution in [2.24, 2.45) is 5.92 Å². The zero-order valence-electron chi connectivity index (χ0n) is 10.3. The summed E-state index contributed by atoms with van der Waals surface area (Å²) in [7, 11) is 0. The van der Waals surface area contributed by atoms with E-state index >= 15 is 0 Å². The van der Waals surface area contributed by atoms with Crippen LogP contribution in [0.3, 0.4) is 0 Å². The van der Waals surface area contributed by atoms with E-state index in [1.54, 1.807) is 11.3 Å². The molecule has 1 aromatic rings. The predicted molar refractivity (Wildman–Crippen MR) is 69.9 cm³/mol. The molecule has 1 aliphatic carbocycles. The molecule has 0 aliphatic heterocycles. The lowest BCUT2D eigenvalue weighted by atomic mass is 9.85. The first kappa shape index (κ1) is 12.1. The fraction of sp³-hybridized carbons (Fsp3) is 0.714. The van der Waals surface area contributed by atoms with E-state index in [1.807, 2.05) is 0 Å². The standard InChI is InChI=1S/C14H22OS/c1-10-8-11(2)16-14(10)13(15)9-12-6-4-3-5-7-12/h8,12-13,15H,3-7,9H2,1-2H3. The Bertz CT molecular complexity index is 337. The first-order chi connectivity index (χ1) is 7.66. The van der Waals surface area contributed by atoms with Crippen LogP contribution in [0.25, 0.3) is 0 Å². The summed E-state index contributed by atoms with van der Waals surface area (Å²) in [5.41, 5.74) is 1.27. The molecule has 1 unspecified atom stereocenters. The van der Waals surface area contributed by atoms with Crippen LogP contribution >= 0.6 is 11.3 Å². The zero-order valence-corrected chi connectivity index (χ0v) is 11.1. The van der Waals surface area contributed by atoms with Crippen molar-refractivity contribution in [3.63, 3.8) is 0 Å². The van der Waals surface area contributed by atoms with Gasteiger partial charge in [0.2, 0.25) is 0 Å². The largest absolute Gasteiger partial charge is 0.388 e. The molecule has 1 atom stereocenters. The van der Waals surface area contributed by atoms with E-state index in [9.17, 15) is 5.11 Å². The minimum absolute atomic E-state index is 0.221. The molecule has 1 fully saturated rings. The highest BCUT2D eigenvalue weighted by atomic mass is 32.1. The Labute approximate surface area is 103 Å². The summed E-state index contributed by atoms with van der Waals surface area (Å²) >= 11 is 1.76. The quantitative estimate of drug-likeness (QED) is 0.829. The number of rotatable bonds is 3. The third kappa shape index (κ3) is 2.86. The molecule has 1 nitrogen and oxygen atoms in total. The number of aliphatic hydroxyl groups is 1. The Kier molecular flexibility index (Phi) is 4.04. The van der Waals surface area contributed by atoms with Crippen LogP contribution in [0.2, 0.25) is 0 Å². The Balaban J connectivity index is 1.96. The van der Waals surface area contributed by atoms with Crippen LogP contribution in [0.1, 0.15) is 59.9 Å². The number of thiophene rings is 1. The molecule has 1 aliphatic rings. The molecule has 16 heavy (non-hydrogen) atoms. The van der Waals surface area contributed by atoms with Crippen molar-refractivity contribution in [2.75, 3.05) is 0 Å². The maximum Gasteiger partial charge on any atom is 0.0887 e. The SMILES string of the molecule is Cc1cc(C)c(C(O)CC2CCCCC2)s1. The lowest BCUT2D eigenvalue weighted by Crippen LogP contribution is -2.10. The van der Waals surface area contributed by atoms with E-state index in [2.05, 4.69) is 19.9 Å². The molecule has 1 saturated carbocycles. The molecule has 0 bridgehead atoms. The topological polar surface area (TPSA) is 20.2 Å². The lowest BCUT2D eigenvalue weighted by molar-refractivity contribution is 0.134. The van der Waals surface area contributed by atoms with Crippen molar-refractivity contribution in [1.82, 2.24) is 0 Å². The van der Waals surface area contributed by atoms with Gasteiger partial charge < -0.3 is 5.11 Å². The van der Waals surface area contributed by atoms with E-state index in [0.29, 0.717) is 0 Å². The van der Waals surface area contributed by atoms with Crippen LogP contribution in [0, 0.1) is 19.8 Å². The van der Waals surface area contributed by atoms with Gasteiger partial charge in [0.05, 0.1) is 6.10 Å². The second-order valence-corrected chi connectivity index (χ2v) is 6.45. The molecule has 0 saturated heterocycles. The molecule has 2 heteroatoms. The fourth-order valence-corrected chi connectivity index (χ4v) is 3.87. The first-order valence-electron chi connectivity index (χ1n) is 6.42. The van der Waals surface area contributed by atoms with Gasteiger partial charge in [-0.25, -0.2) is 0 Å². The summed E-state index contributed by atoms with van der Waals surface area (Å²) in [6, 6.07) is 2.18. The average molecular weight is 238 g/mol. The molecular formula is C14H22OS. The fourth-order valence-electron chi connectivity index (χ4n) is 2.84. The van der Waals surface area contributed by atoms with E-state index in [-0.39, 0.29) is 6.10 Å². The normalized spacial score (nSPS) is 19.9. The molecule has 1 N–H and O–H groups in total. The Hall–Kier alpha value is -0.340. The Morgan fingerprint density at radius 1 is 1.31 bits per heavy atom. The minimum Gasteiger partial charge on any atom is -0.388 e. The third-order valence-corrected chi connectivity index (χ3v) is 4.92. The van der Waals surface area contributed by atoms with Gasteiger partial charge >= 0.3 is 0 Å². The van der Waals surface area contributed by atoms with Crippen LogP contribution in [-0.2, 0) is 0 Å². The summed E-state index contributed by atoms with van der Waals surface area (Å²) in [6.07, 6.45) is 7.51. The van der Waals surface area contributed by atoms with Crippen molar-refractivity contribution < 1.29 is 5.11 Å². The Morgan fingerprint density at radius 3 is 2.56 bits per heavy atom.